The summed E-state index contributed by atoms with van der Waals surface area (Å²) < 4.78 is 1.05. The van der Waals surface area contributed by atoms with Gasteiger partial charge in [-0.1, -0.05) is 28.1 Å². The normalized spacial score (nSPS) is 10.3. The van der Waals surface area contributed by atoms with E-state index in [9.17, 15) is 0 Å². The van der Waals surface area contributed by atoms with Crippen LogP contribution in [0.1, 0.15) is 5.56 Å². The van der Waals surface area contributed by atoms with Gasteiger partial charge >= 0.3 is 0 Å². The van der Waals surface area contributed by atoms with E-state index < -0.39 is 0 Å². The van der Waals surface area contributed by atoms with E-state index in [0.29, 0.717) is 18.4 Å². The van der Waals surface area contributed by atoms with Gasteiger partial charge in [0.05, 0.1) is 0 Å². The van der Waals surface area contributed by atoms with Crippen molar-refractivity contribution >= 4 is 39.4 Å². The van der Waals surface area contributed by atoms with Crippen LogP contribution in [0.15, 0.2) is 28.7 Å². The summed E-state index contributed by atoms with van der Waals surface area (Å²) >= 11 is 9.26. The molecule has 1 aromatic heterocycles. The highest BCUT2D eigenvalue weighted by Gasteiger charge is 2.06. The van der Waals surface area contributed by atoms with Crippen molar-refractivity contribution in [3.05, 3.63) is 39.6 Å². The average molecular weight is 343 g/mol. The van der Waals surface area contributed by atoms with Gasteiger partial charge in [-0.05, 0) is 29.3 Å². The van der Waals surface area contributed by atoms with Crippen LogP contribution in [0.5, 0.6) is 0 Å². The molecule has 0 bridgehead atoms. The van der Waals surface area contributed by atoms with Crippen LogP contribution >= 0.6 is 27.5 Å². The SMILES string of the molecule is CN(C)c1nc(Cl)nc(NCc2ccc(Br)cc2)n1. The lowest BCUT2D eigenvalue weighted by atomic mass is 10.2. The highest BCUT2D eigenvalue weighted by Crippen LogP contribution is 2.14. The number of nitrogens with zero attached hydrogens (tertiary/aromatic N) is 4. The Labute approximate surface area is 125 Å². The van der Waals surface area contributed by atoms with Gasteiger partial charge in [0.2, 0.25) is 17.2 Å². The highest BCUT2D eigenvalue weighted by atomic mass is 79.9. The molecule has 0 atom stereocenters. The highest BCUT2D eigenvalue weighted by molar-refractivity contribution is 9.10. The van der Waals surface area contributed by atoms with Crippen LogP contribution < -0.4 is 10.2 Å². The molecular weight excluding hydrogens is 330 g/mol. The monoisotopic (exact) mass is 341 g/mol. The van der Waals surface area contributed by atoms with E-state index in [2.05, 4.69) is 36.2 Å². The zero-order valence-electron chi connectivity index (χ0n) is 10.6. The van der Waals surface area contributed by atoms with E-state index in [1.54, 1.807) is 4.90 Å². The largest absolute Gasteiger partial charge is 0.350 e. The van der Waals surface area contributed by atoms with Gasteiger partial charge in [-0.3, -0.25) is 0 Å². The Morgan fingerprint density at radius 1 is 1.16 bits per heavy atom. The van der Waals surface area contributed by atoms with Gasteiger partial charge < -0.3 is 10.2 Å². The van der Waals surface area contributed by atoms with Crippen LogP contribution in [-0.2, 0) is 6.54 Å². The molecule has 0 spiro atoms. The number of aromatic nitrogens is 3. The van der Waals surface area contributed by atoms with E-state index in [4.69, 9.17) is 11.6 Å². The molecule has 0 amide bonds. The Morgan fingerprint density at radius 3 is 2.47 bits per heavy atom. The number of anilines is 2. The third kappa shape index (κ3) is 4.04. The predicted molar refractivity (Wildman–Crippen MR) is 80.6 cm³/mol. The Hall–Kier alpha value is -1.40. The van der Waals surface area contributed by atoms with Crippen molar-refractivity contribution in [1.29, 1.82) is 0 Å². The molecule has 1 heterocycles. The number of rotatable bonds is 4. The molecule has 1 N–H and O–H groups in total. The van der Waals surface area contributed by atoms with Crippen molar-refractivity contribution in [2.24, 2.45) is 0 Å². The van der Waals surface area contributed by atoms with Crippen LogP contribution in [-0.4, -0.2) is 29.0 Å². The lowest BCUT2D eigenvalue weighted by Gasteiger charge is -2.11. The molecule has 2 rings (SSSR count). The van der Waals surface area contributed by atoms with E-state index in [-0.39, 0.29) is 5.28 Å². The molecule has 5 nitrogen and oxygen atoms in total. The molecule has 0 aliphatic carbocycles. The first kappa shape index (κ1) is 14.0. The summed E-state index contributed by atoms with van der Waals surface area (Å²) in [6.45, 7) is 0.625. The van der Waals surface area contributed by atoms with Gasteiger partial charge in [0.15, 0.2) is 0 Å². The predicted octanol–water partition coefficient (Wildman–Crippen LogP) is 2.97. The Kier molecular flexibility index (Phi) is 4.55. The molecule has 19 heavy (non-hydrogen) atoms. The van der Waals surface area contributed by atoms with Crippen LogP contribution in [0, 0.1) is 0 Å². The van der Waals surface area contributed by atoms with E-state index in [1.807, 2.05) is 38.4 Å². The number of nitrogens with one attached hydrogen (secondary N) is 1. The molecule has 7 heteroatoms. The van der Waals surface area contributed by atoms with Crippen molar-refractivity contribution in [1.82, 2.24) is 15.0 Å². The summed E-state index contributed by atoms with van der Waals surface area (Å²) in [5.41, 5.74) is 1.13. The van der Waals surface area contributed by atoms with Gasteiger partial charge in [-0.2, -0.15) is 15.0 Å². The van der Waals surface area contributed by atoms with Crippen LogP contribution in [0.3, 0.4) is 0 Å². The third-order valence-corrected chi connectivity index (χ3v) is 3.06. The van der Waals surface area contributed by atoms with Gasteiger partial charge in [0, 0.05) is 25.1 Å². The van der Waals surface area contributed by atoms with Gasteiger partial charge in [0.1, 0.15) is 0 Å². The van der Waals surface area contributed by atoms with E-state index in [0.717, 1.165) is 10.0 Å². The second kappa shape index (κ2) is 6.16. The fraction of sp³-hybridized carbons (Fsp3) is 0.250. The maximum Gasteiger partial charge on any atom is 0.230 e. The maximum atomic E-state index is 5.86. The average Bonchev–Trinajstić information content (AvgIpc) is 2.37. The second-order valence-corrected chi connectivity index (χ2v) is 5.36. The van der Waals surface area contributed by atoms with E-state index >= 15 is 0 Å². The fourth-order valence-electron chi connectivity index (χ4n) is 1.40. The Bertz CT molecular complexity index is 559. The minimum Gasteiger partial charge on any atom is -0.350 e. The molecule has 100 valence electrons. The molecule has 0 saturated carbocycles. The van der Waals surface area contributed by atoms with Crippen molar-refractivity contribution in [3.8, 4) is 0 Å². The summed E-state index contributed by atoms with van der Waals surface area (Å²) in [5.74, 6) is 0.991. The first-order valence-corrected chi connectivity index (χ1v) is 6.79. The summed E-state index contributed by atoms with van der Waals surface area (Å²) in [5, 5.41) is 3.31. The summed E-state index contributed by atoms with van der Waals surface area (Å²) in [7, 11) is 3.70. The zero-order valence-corrected chi connectivity index (χ0v) is 12.9. The summed E-state index contributed by atoms with van der Waals surface area (Å²) in [6.07, 6.45) is 0. The fourth-order valence-corrected chi connectivity index (χ4v) is 1.82. The molecule has 0 fully saturated rings. The second-order valence-electron chi connectivity index (χ2n) is 4.10. The van der Waals surface area contributed by atoms with Gasteiger partial charge in [-0.15, -0.1) is 0 Å². The number of hydrogen-bond donors (Lipinski definition) is 1. The zero-order chi connectivity index (χ0) is 13.8. The maximum absolute atomic E-state index is 5.86. The number of benzene rings is 1. The molecule has 0 aliphatic heterocycles. The Morgan fingerprint density at radius 2 is 1.84 bits per heavy atom. The molecule has 0 aliphatic rings. The first-order chi connectivity index (χ1) is 9.04. The quantitative estimate of drug-likeness (QED) is 0.926. The van der Waals surface area contributed by atoms with Crippen molar-refractivity contribution in [3.63, 3.8) is 0 Å². The minimum atomic E-state index is 0.178. The van der Waals surface area contributed by atoms with Gasteiger partial charge in [0.25, 0.3) is 0 Å². The molecule has 0 unspecified atom stereocenters. The smallest absolute Gasteiger partial charge is 0.230 e. The molecule has 2 aromatic rings. The summed E-state index contributed by atoms with van der Waals surface area (Å²) in [4.78, 5) is 14.1. The molecule has 0 radical (unpaired) electrons. The molecule has 0 saturated heterocycles. The van der Waals surface area contributed by atoms with Crippen LogP contribution in [0.2, 0.25) is 5.28 Å². The topological polar surface area (TPSA) is 53.9 Å². The van der Waals surface area contributed by atoms with Crippen molar-refractivity contribution < 1.29 is 0 Å². The van der Waals surface area contributed by atoms with Crippen molar-refractivity contribution in [2.75, 3.05) is 24.3 Å². The van der Waals surface area contributed by atoms with Crippen LogP contribution in [0.25, 0.3) is 0 Å². The number of hydrogen-bond acceptors (Lipinski definition) is 5. The van der Waals surface area contributed by atoms with Gasteiger partial charge in [-0.25, -0.2) is 0 Å². The van der Waals surface area contributed by atoms with Crippen LogP contribution in [0.4, 0.5) is 11.9 Å². The van der Waals surface area contributed by atoms with E-state index in [1.165, 1.54) is 0 Å². The summed E-state index contributed by atoms with van der Waals surface area (Å²) in [6, 6.07) is 8.02. The standard InChI is InChI=1S/C12H13BrClN5/c1-19(2)12-17-10(14)16-11(18-12)15-7-8-3-5-9(13)6-4-8/h3-6H,7H2,1-2H3,(H,15,16,17,18). The third-order valence-electron chi connectivity index (χ3n) is 2.36. The minimum absolute atomic E-state index is 0.178. The molecule has 1 aromatic carbocycles. The van der Waals surface area contributed by atoms with Crippen molar-refractivity contribution in [2.45, 2.75) is 6.54 Å². The lowest BCUT2D eigenvalue weighted by molar-refractivity contribution is 0.942. The molecular formula is C12H13BrClN5. The number of halogens is 2. The Balaban J connectivity index is 2.08. The first-order valence-electron chi connectivity index (χ1n) is 5.62. The lowest BCUT2D eigenvalue weighted by Crippen LogP contribution is -2.15.